The predicted molar refractivity (Wildman–Crippen MR) is 112 cm³/mol. The summed E-state index contributed by atoms with van der Waals surface area (Å²) in [5, 5.41) is 0. The zero-order valence-corrected chi connectivity index (χ0v) is 23.2. The minimum Gasteiger partial charge on any atom is -0.427 e. The Morgan fingerprint density at radius 3 is 1.52 bits per heavy atom. The molecule has 0 fully saturated rings. The fourth-order valence-corrected chi connectivity index (χ4v) is 3.31. The molecule has 2 nitrogen and oxygen atoms in total. The van der Waals surface area contributed by atoms with E-state index < -0.39 is 0 Å². The van der Waals surface area contributed by atoms with Crippen LogP contribution in [0.15, 0.2) is 30.3 Å². The molecule has 0 N–H and O–H groups in total. The molecular formula is C24H40HgO2+2. The first-order valence-corrected chi connectivity index (χ1v) is 11.1. The molecule has 1 aromatic carbocycles. The summed E-state index contributed by atoms with van der Waals surface area (Å²) in [6.45, 7) is 2.28. The standard InChI is InChI=1S/C24H40O2.Hg/c1-2-3-4-5-6-7-8-9-10-11-12-13-14-15-19-22-24(25)26-23-20-17-16-18-21-23;/h16-18,20-21H,2-15,19,22H2,1H3;/q;+2. The van der Waals surface area contributed by atoms with E-state index in [0.717, 1.165) is 12.8 Å². The van der Waals surface area contributed by atoms with Crippen LogP contribution < -0.4 is 4.74 Å². The number of carbonyl (C=O) groups is 1. The van der Waals surface area contributed by atoms with Gasteiger partial charge in [-0.05, 0) is 18.6 Å². The maximum absolute atomic E-state index is 11.7. The van der Waals surface area contributed by atoms with Crippen molar-refractivity contribution in [1.82, 2.24) is 0 Å². The van der Waals surface area contributed by atoms with E-state index in [2.05, 4.69) is 6.92 Å². The Balaban J connectivity index is 0.00000676. The Morgan fingerprint density at radius 2 is 1.07 bits per heavy atom. The average Bonchev–Trinajstić information content (AvgIpc) is 2.65. The predicted octanol–water partition coefficient (Wildman–Crippen LogP) is 7.85. The van der Waals surface area contributed by atoms with Gasteiger partial charge in [0.05, 0.1) is 0 Å². The Kier molecular flexibility index (Phi) is 20.1. The van der Waals surface area contributed by atoms with Crippen LogP contribution in [-0.4, -0.2) is 5.97 Å². The second-order valence-electron chi connectivity index (χ2n) is 7.49. The van der Waals surface area contributed by atoms with E-state index in [0.29, 0.717) is 12.2 Å². The van der Waals surface area contributed by atoms with Gasteiger partial charge < -0.3 is 4.74 Å². The molecule has 0 aromatic heterocycles. The van der Waals surface area contributed by atoms with Gasteiger partial charge >= 0.3 is 33.6 Å². The summed E-state index contributed by atoms with van der Waals surface area (Å²) in [5.41, 5.74) is 0. The van der Waals surface area contributed by atoms with Crippen molar-refractivity contribution in [3.63, 3.8) is 0 Å². The van der Waals surface area contributed by atoms with Crippen molar-refractivity contribution in [2.45, 2.75) is 110 Å². The molecule has 1 aromatic rings. The molecule has 0 amide bonds. The number of unbranched alkanes of at least 4 members (excludes halogenated alkanes) is 14. The smallest absolute Gasteiger partial charge is 0.427 e. The maximum atomic E-state index is 11.7. The van der Waals surface area contributed by atoms with Crippen molar-refractivity contribution in [2.24, 2.45) is 0 Å². The zero-order valence-electron chi connectivity index (χ0n) is 17.7. The van der Waals surface area contributed by atoms with E-state index in [4.69, 9.17) is 4.74 Å². The maximum Gasteiger partial charge on any atom is 2.00 e. The molecule has 0 saturated heterocycles. The van der Waals surface area contributed by atoms with Gasteiger partial charge in [-0.15, -0.1) is 0 Å². The fraction of sp³-hybridized carbons (Fsp3) is 0.708. The van der Waals surface area contributed by atoms with Crippen LogP contribution in [-0.2, 0) is 32.5 Å². The van der Waals surface area contributed by atoms with Crippen molar-refractivity contribution in [2.75, 3.05) is 0 Å². The number of benzene rings is 1. The van der Waals surface area contributed by atoms with Crippen molar-refractivity contribution < 1.29 is 37.2 Å². The molecule has 1 rings (SSSR count). The molecule has 0 aliphatic heterocycles. The number of carbonyl (C=O) groups excluding carboxylic acids is 1. The molecule has 0 spiro atoms. The molecule has 27 heavy (non-hydrogen) atoms. The summed E-state index contributed by atoms with van der Waals surface area (Å²) in [5.74, 6) is 0.546. The van der Waals surface area contributed by atoms with Gasteiger partial charge in [-0.1, -0.05) is 115 Å². The number of hydrogen-bond acceptors (Lipinski definition) is 2. The topological polar surface area (TPSA) is 26.3 Å². The van der Waals surface area contributed by atoms with E-state index in [1.54, 1.807) is 0 Å². The molecule has 0 unspecified atom stereocenters. The number of esters is 1. The molecular weight excluding hydrogens is 521 g/mol. The third kappa shape index (κ3) is 17.5. The summed E-state index contributed by atoms with van der Waals surface area (Å²) >= 11 is 0. The quantitative estimate of drug-likeness (QED) is 0.0839. The van der Waals surface area contributed by atoms with E-state index in [9.17, 15) is 4.79 Å². The monoisotopic (exact) mass is 562 g/mol. The molecule has 3 heteroatoms. The summed E-state index contributed by atoms with van der Waals surface area (Å²) in [7, 11) is 0. The molecule has 0 radical (unpaired) electrons. The van der Waals surface area contributed by atoms with Crippen LogP contribution in [0.2, 0.25) is 0 Å². The molecule has 0 bridgehead atoms. The Labute approximate surface area is 188 Å². The van der Waals surface area contributed by atoms with Gasteiger partial charge in [0.15, 0.2) is 0 Å². The zero-order chi connectivity index (χ0) is 18.7. The number of ether oxygens (including phenoxy) is 1. The van der Waals surface area contributed by atoms with Gasteiger partial charge in [-0.25, -0.2) is 0 Å². The Hall–Kier alpha value is -0.375. The Bertz CT molecular complexity index is 433. The Morgan fingerprint density at radius 1 is 0.667 bits per heavy atom. The van der Waals surface area contributed by atoms with Crippen LogP contribution in [0, 0.1) is 0 Å². The van der Waals surface area contributed by atoms with Gasteiger partial charge in [0.25, 0.3) is 0 Å². The molecule has 0 aliphatic rings. The second-order valence-corrected chi connectivity index (χ2v) is 7.49. The van der Waals surface area contributed by atoms with Gasteiger partial charge in [-0.2, -0.15) is 0 Å². The normalized spacial score (nSPS) is 10.4. The van der Waals surface area contributed by atoms with E-state index in [1.165, 1.54) is 83.5 Å². The van der Waals surface area contributed by atoms with Crippen LogP contribution in [0.5, 0.6) is 5.75 Å². The van der Waals surface area contributed by atoms with E-state index >= 15 is 0 Å². The van der Waals surface area contributed by atoms with Crippen molar-refractivity contribution in [3.8, 4) is 5.75 Å². The number of rotatable bonds is 17. The van der Waals surface area contributed by atoms with Crippen molar-refractivity contribution in [3.05, 3.63) is 30.3 Å². The van der Waals surface area contributed by atoms with Crippen LogP contribution in [0.1, 0.15) is 110 Å². The van der Waals surface area contributed by atoms with Gasteiger partial charge in [0, 0.05) is 6.42 Å². The van der Waals surface area contributed by atoms with Gasteiger partial charge in [-0.3, -0.25) is 4.79 Å². The molecule has 0 atom stereocenters. The molecule has 148 valence electrons. The summed E-state index contributed by atoms with van der Waals surface area (Å²) < 4.78 is 5.29. The van der Waals surface area contributed by atoms with Crippen LogP contribution in [0.3, 0.4) is 0 Å². The first-order valence-electron chi connectivity index (χ1n) is 11.1. The first kappa shape index (κ1) is 26.6. The van der Waals surface area contributed by atoms with Crippen LogP contribution in [0.25, 0.3) is 0 Å². The van der Waals surface area contributed by atoms with Crippen molar-refractivity contribution >= 4 is 5.97 Å². The van der Waals surface area contributed by atoms with Gasteiger partial charge in [0.2, 0.25) is 0 Å². The summed E-state index contributed by atoms with van der Waals surface area (Å²) in [4.78, 5) is 11.7. The number of para-hydroxylation sites is 1. The number of hydrogen-bond donors (Lipinski definition) is 0. The third-order valence-electron chi connectivity index (χ3n) is 4.96. The van der Waals surface area contributed by atoms with E-state index in [1.807, 2.05) is 30.3 Å². The fourth-order valence-electron chi connectivity index (χ4n) is 3.31. The minimum atomic E-state index is -0.106. The summed E-state index contributed by atoms with van der Waals surface area (Å²) in [6, 6.07) is 9.34. The molecule has 0 aliphatic carbocycles. The van der Waals surface area contributed by atoms with Crippen LogP contribution >= 0.6 is 0 Å². The van der Waals surface area contributed by atoms with Gasteiger partial charge in [0.1, 0.15) is 5.75 Å². The first-order chi connectivity index (χ1) is 12.8. The molecule has 0 heterocycles. The van der Waals surface area contributed by atoms with Crippen LogP contribution in [0.4, 0.5) is 0 Å². The second kappa shape index (κ2) is 20.4. The third-order valence-corrected chi connectivity index (χ3v) is 4.96. The SMILES string of the molecule is CCCCCCCCCCCCCCCCCC(=O)Oc1ccccc1.[Hg+2]. The molecule has 0 saturated carbocycles. The van der Waals surface area contributed by atoms with E-state index in [-0.39, 0.29) is 33.6 Å². The average molecular weight is 561 g/mol. The summed E-state index contributed by atoms with van der Waals surface area (Å²) in [6.07, 6.45) is 20.7. The largest absolute Gasteiger partial charge is 2.00 e. The van der Waals surface area contributed by atoms with Crippen molar-refractivity contribution in [1.29, 1.82) is 0 Å². The minimum absolute atomic E-state index is 0.